The first kappa shape index (κ1) is 29.9. The van der Waals surface area contributed by atoms with Crippen molar-refractivity contribution in [1.82, 2.24) is 10.2 Å². The molecule has 2 amide bonds. The fourth-order valence-corrected chi connectivity index (χ4v) is 5.76. The van der Waals surface area contributed by atoms with Crippen LogP contribution in [0, 0.1) is 20.8 Å². The van der Waals surface area contributed by atoms with Crippen LogP contribution in [0.2, 0.25) is 0 Å². The van der Waals surface area contributed by atoms with Gasteiger partial charge in [-0.2, -0.15) is 0 Å². The summed E-state index contributed by atoms with van der Waals surface area (Å²) < 4.78 is 29.0. The van der Waals surface area contributed by atoms with Crippen LogP contribution in [0.15, 0.2) is 77.7 Å². The van der Waals surface area contributed by atoms with Gasteiger partial charge in [0.25, 0.3) is 10.0 Å². The number of nitrogens with zero attached hydrogens (tertiary/aromatic N) is 2. The SMILES string of the molecule is CCCCNC(=O)C(C)N(Cc1ccccc1)C(=O)CN(c1cc(C)cc(C)c1)S(=O)(=O)c1ccc(C)cc1. The molecule has 0 radical (unpaired) electrons. The fourth-order valence-electron chi connectivity index (χ4n) is 4.36. The number of carbonyl (C=O) groups excluding carboxylic acids is 2. The third kappa shape index (κ3) is 7.93. The molecule has 3 aromatic rings. The Morgan fingerprint density at radius 3 is 2.08 bits per heavy atom. The first-order chi connectivity index (χ1) is 18.5. The lowest BCUT2D eigenvalue weighted by Crippen LogP contribution is -2.51. The molecule has 1 atom stereocenters. The minimum atomic E-state index is -4.08. The molecular formula is C31H39N3O4S. The molecule has 0 saturated heterocycles. The van der Waals surface area contributed by atoms with Crippen LogP contribution in [0.5, 0.6) is 0 Å². The molecule has 0 aliphatic rings. The number of hydrogen-bond donors (Lipinski definition) is 1. The molecule has 0 aliphatic heterocycles. The molecular weight excluding hydrogens is 510 g/mol. The third-order valence-corrected chi connectivity index (χ3v) is 8.36. The topological polar surface area (TPSA) is 86.8 Å². The number of sulfonamides is 1. The molecule has 208 valence electrons. The molecule has 3 rings (SSSR count). The van der Waals surface area contributed by atoms with Crippen LogP contribution in [-0.4, -0.2) is 44.3 Å². The lowest BCUT2D eigenvalue weighted by Gasteiger charge is -2.32. The number of nitrogens with one attached hydrogen (secondary N) is 1. The predicted octanol–water partition coefficient (Wildman–Crippen LogP) is 5.14. The fraction of sp³-hybridized carbons (Fsp3) is 0.355. The van der Waals surface area contributed by atoms with Gasteiger partial charge in [-0.3, -0.25) is 13.9 Å². The summed E-state index contributed by atoms with van der Waals surface area (Å²) >= 11 is 0. The molecule has 0 fully saturated rings. The zero-order valence-corrected chi connectivity index (χ0v) is 24.3. The molecule has 39 heavy (non-hydrogen) atoms. The Labute approximate surface area is 232 Å². The first-order valence-electron chi connectivity index (χ1n) is 13.3. The van der Waals surface area contributed by atoms with Crippen molar-refractivity contribution in [2.24, 2.45) is 0 Å². The van der Waals surface area contributed by atoms with Gasteiger partial charge in [-0.05, 0) is 75.1 Å². The van der Waals surface area contributed by atoms with Crippen molar-refractivity contribution in [3.63, 3.8) is 0 Å². The number of rotatable bonds is 12. The van der Waals surface area contributed by atoms with E-state index in [2.05, 4.69) is 5.32 Å². The van der Waals surface area contributed by atoms with Gasteiger partial charge in [0.05, 0.1) is 10.6 Å². The van der Waals surface area contributed by atoms with Gasteiger partial charge in [-0.15, -0.1) is 0 Å². The van der Waals surface area contributed by atoms with Gasteiger partial charge in [-0.1, -0.05) is 67.4 Å². The number of aryl methyl sites for hydroxylation is 3. The molecule has 1 N–H and O–H groups in total. The maximum absolute atomic E-state index is 13.9. The van der Waals surface area contributed by atoms with E-state index in [-0.39, 0.29) is 17.3 Å². The summed E-state index contributed by atoms with van der Waals surface area (Å²) in [5, 5.41) is 2.90. The summed E-state index contributed by atoms with van der Waals surface area (Å²) in [5.74, 6) is -0.737. The van der Waals surface area contributed by atoms with E-state index in [1.54, 1.807) is 43.3 Å². The summed E-state index contributed by atoms with van der Waals surface area (Å²) in [6.45, 7) is 9.62. The average Bonchev–Trinajstić information content (AvgIpc) is 2.90. The van der Waals surface area contributed by atoms with Crippen LogP contribution < -0.4 is 9.62 Å². The van der Waals surface area contributed by atoms with Gasteiger partial charge < -0.3 is 10.2 Å². The lowest BCUT2D eigenvalue weighted by molar-refractivity contribution is -0.139. The van der Waals surface area contributed by atoms with E-state index >= 15 is 0 Å². The molecule has 0 bridgehead atoms. The van der Waals surface area contributed by atoms with Crippen molar-refractivity contribution >= 4 is 27.5 Å². The minimum Gasteiger partial charge on any atom is -0.354 e. The molecule has 0 aromatic heterocycles. The molecule has 1 unspecified atom stereocenters. The number of anilines is 1. The second-order valence-electron chi connectivity index (χ2n) is 10.00. The maximum atomic E-state index is 13.9. The smallest absolute Gasteiger partial charge is 0.264 e. The molecule has 8 heteroatoms. The second kappa shape index (κ2) is 13.4. The van der Waals surface area contributed by atoms with Crippen molar-refractivity contribution in [1.29, 1.82) is 0 Å². The highest BCUT2D eigenvalue weighted by molar-refractivity contribution is 7.92. The Hall–Kier alpha value is -3.65. The van der Waals surface area contributed by atoms with E-state index in [4.69, 9.17) is 0 Å². The van der Waals surface area contributed by atoms with Crippen molar-refractivity contribution in [2.75, 3.05) is 17.4 Å². The molecule has 7 nitrogen and oxygen atoms in total. The summed E-state index contributed by atoms with van der Waals surface area (Å²) in [6.07, 6.45) is 1.77. The second-order valence-corrected chi connectivity index (χ2v) is 11.9. The van der Waals surface area contributed by atoms with Crippen LogP contribution in [0.4, 0.5) is 5.69 Å². The van der Waals surface area contributed by atoms with Gasteiger partial charge in [0.1, 0.15) is 12.6 Å². The lowest BCUT2D eigenvalue weighted by atomic mass is 10.1. The highest BCUT2D eigenvalue weighted by Crippen LogP contribution is 2.27. The van der Waals surface area contributed by atoms with Gasteiger partial charge in [0.2, 0.25) is 11.8 Å². The monoisotopic (exact) mass is 549 g/mol. The Morgan fingerprint density at radius 1 is 0.872 bits per heavy atom. The largest absolute Gasteiger partial charge is 0.354 e. The van der Waals surface area contributed by atoms with Crippen LogP contribution in [-0.2, 0) is 26.2 Å². The van der Waals surface area contributed by atoms with Crippen molar-refractivity contribution in [3.05, 3.63) is 95.1 Å². The number of amides is 2. The number of unbranched alkanes of at least 4 members (excludes halogenated alkanes) is 1. The Balaban J connectivity index is 2.02. The highest BCUT2D eigenvalue weighted by atomic mass is 32.2. The average molecular weight is 550 g/mol. The molecule has 3 aromatic carbocycles. The van der Waals surface area contributed by atoms with Crippen molar-refractivity contribution < 1.29 is 18.0 Å². The maximum Gasteiger partial charge on any atom is 0.264 e. The van der Waals surface area contributed by atoms with Gasteiger partial charge in [-0.25, -0.2) is 8.42 Å². The zero-order chi connectivity index (χ0) is 28.6. The van der Waals surface area contributed by atoms with Gasteiger partial charge in [0.15, 0.2) is 0 Å². The number of benzene rings is 3. The first-order valence-corrected chi connectivity index (χ1v) is 14.8. The van der Waals surface area contributed by atoms with Gasteiger partial charge >= 0.3 is 0 Å². The predicted molar refractivity (Wildman–Crippen MR) is 156 cm³/mol. The summed E-state index contributed by atoms with van der Waals surface area (Å²) in [5.41, 5.74) is 3.94. The molecule has 0 heterocycles. The molecule has 0 spiro atoms. The standard InChI is InChI=1S/C31H39N3O4S/c1-6-7-17-32-31(36)26(5)33(21-27-11-9-8-10-12-27)30(35)22-34(28-19-24(3)18-25(4)20-28)39(37,38)29-15-13-23(2)14-16-29/h8-16,18-20,26H,6-7,17,21-22H2,1-5H3,(H,32,36). The number of hydrogen-bond acceptors (Lipinski definition) is 4. The van der Waals surface area contributed by atoms with E-state index in [0.29, 0.717) is 12.2 Å². The normalized spacial score (nSPS) is 12.0. The highest BCUT2D eigenvalue weighted by Gasteiger charge is 2.32. The quantitative estimate of drug-likeness (QED) is 0.317. The van der Waals surface area contributed by atoms with E-state index in [0.717, 1.165) is 39.4 Å². The Bertz CT molecular complexity index is 1350. The minimum absolute atomic E-state index is 0.0972. The van der Waals surface area contributed by atoms with Crippen LogP contribution in [0.3, 0.4) is 0 Å². The van der Waals surface area contributed by atoms with Crippen LogP contribution >= 0.6 is 0 Å². The zero-order valence-electron chi connectivity index (χ0n) is 23.5. The Kier molecular flexibility index (Phi) is 10.3. The summed E-state index contributed by atoms with van der Waals surface area (Å²) in [6, 6.07) is 20.6. The summed E-state index contributed by atoms with van der Waals surface area (Å²) in [7, 11) is -4.08. The number of carbonyl (C=O) groups is 2. The van der Waals surface area contributed by atoms with E-state index in [9.17, 15) is 18.0 Å². The van der Waals surface area contributed by atoms with Crippen molar-refractivity contribution in [2.45, 2.75) is 64.9 Å². The Morgan fingerprint density at radius 2 is 1.49 bits per heavy atom. The van der Waals surface area contributed by atoms with E-state index in [1.807, 2.05) is 64.1 Å². The van der Waals surface area contributed by atoms with E-state index < -0.39 is 28.5 Å². The van der Waals surface area contributed by atoms with Crippen molar-refractivity contribution in [3.8, 4) is 0 Å². The van der Waals surface area contributed by atoms with Crippen LogP contribution in [0.1, 0.15) is 48.9 Å². The molecule has 0 aliphatic carbocycles. The molecule has 0 saturated carbocycles. The van der Waals surface area contributed by atoms with Crippen LogP contribution in [0.25, 0.3) is 0 Å². The third-order valence-electron chi connectivity index (χ3n) is 6.57. The summed E-state index contributed by atoms with van der Waals surface area (Å²) in [4.78, 5) is 28.5. The van der Waals surface area contributed by atoms with E-state index in [1.165, 1.54) is 4.90 Å². The van der Waals surface area contributed by atoms with Gasteiger partial charge in [0, 0.05) is 13.1 Å².